The van der Waals surface area contributed by atoms with E-state index in [4.69, 9.17) is 15.6 Å². The largest absolute Gasteiger partial charge is 0.458 e. The lowest BCUT2D eigenvalue weighted by atomic mass is 9.88. The maximum absolute atomic E-state index is 7.95. The van der Waals surface area contributed by atoms with Crippen molar-refractivity contribution in [3.8, 4) is 0 Å². The van der Waals surface area contributed by atoms with Crippen LogP contribution < -0.4 is 16.6 Å². The van der Waals surface area contributed by atoms with Gasteiger partial charge in [-0.05, 0) is 26.3 Å². The number of benzene rings is 1. The van der Waals surface area contributed by atoms with Crippen LogP contribution in [-0.4, -0.2) is 11.9 Å². The molecule has 0 saturated carbocycles. The van der Waals surface area contributed by atoms with Crippen LogP contribution in [0.1, 0.15) is 24.7 Å². The Morgan fingerprint density at radius 2 is 2.21 bits per heavy atom. The normalized spacial score (nSPS) is 26.9. The van der Waals surface area contributed by atoms with Gasteiger partial charge in [0, 0.05) is 17.0 Å². The third-order valence-corrected chi connectivity index (χ3v) is 3.84. The van der Waals surface area contributed by atoms with Gasteiger partial charge in [-0.25, -0.2) is 5.43 Å². The summed E-state index contributed by atoms with van der Waals surface area (Å²) in [6, 6.07) is 8.12. The Morgan fingerprint density at radius 1 is 1.47 bits per heavy atom. The van der Waals surface area contributed by atoms with Gasteiger partial charge in [-0.15, -0.1) is 0 Å². The van der Waals surface area contributed by atoms with E-state index >= 15 is 0 Å². The number of furan rings is 1. The van der Waals surface area contributed by atoms with Gasteiger partial charge in [0.15, 0.2) is 0 Å². The average Bonchev–Trinajstić information content (AvgIpc) is 2.93. The van der Waals surface area contributed by atoms with Crippen molar-refractivity contribution < 1.29 is 4.42 Å². The maximum atomic E-state index is 7.95. The van der Waals surface area contributed by atoms with Crippen LogP contribution in [0.2, 0.25) is 0 Å². The predicted octanol–water partition coefficient (Wildman–Crippen LogP) is 1.76. The second-order valence-electron chi connectivity index (χ2n) is 5.25. The molecule has 0 radical (unpaired) electrons. The fourth-order valence-electron chi connectivity index (χ4n) is 2.84. The van der Waals surface area contributed by atoms with Gasteiger partial charge in [0.25, 0.3) is 0 Å². The van der Waals surface area contributed by atoms with E-state index in [2.05, 4.69) is 17.8 Å². The number of fused-ring (bicyclic) bond motifs is 1. The number of rotatable bonds is 2. The third-order valence-electron chi connectivity index (χ3n) is 3.84. The van der Waals surface area contributed by atoms with E-state index < -0.39 is 5.54 Å². The van der Waals surface area contributed by atoms with Crippen molar-refractivity contribution in [2.45, 2.75) is 31.8 Å². The summed E-state index contributed by atoms with van der Waals surface area (Å²) in [6.07, 6.45) is 0.697. The van der Waals surface area contributed by atoms with Gasteiger partial charge in [-0.3, -0.25) is 10.8 Å². The highest BCUT2D eigenvalue weighted by molar-refractivity contribution is 5.91. The summed E-state index contributed by atoms with van der Waals surface area (Å²) in [6.45, 7) is 4.06. The standard InChI is InChI=1S/C14H18N4O/c1-8-7-14(13(15)16,18-17-8)12-9(2)10-5-3-4-6-11(10)19-12/h3-6,8,17-18H,7H2,1-2H3,(H3,15,16). The summed E-state index contributed by atoms with van der Waals surface area (Å²) in [5.41, 5.74) is 13.2. The van der Waals surface area contributed by atoms with Crippen molar-refractivity contribution in [2.75, 3.05) is 0 Å². The number of para-hydroxylation sites is 1. The van der Waals surface area contributed by atoms with E-state index in [0.717, 1.165) is 22.3 Å². The minimum Gasteiger partial charge on any atom is -0.458 e. The molecule has 1 aromatic carbocycles. The van der Waals surface area contributed by atoms with Gasteiger partial charge >= 0.3 is 0 Å². The van der Waals surface area contributed by atoms with Crippen LogP contribution in [0.3, 0.4) is 0 Å². The molecule has 2 aromatic rings. The lowest BCUT2D eigenvalue weighted by Crippen LogP contribution is -2.51. The van der Waals surface area contributed by atoms with E-state index in [1.165, 1.54) is 0 Å². The van der Waals surface area contributed by atoms with E-state index in [0.29, 0.717) is 6.42 Å². The van der Waals surface area contributed by atoms with Gasteiger partial charge in [-0.2, -0.15) is 0 Å². The number of aryl methyl sites for hydroxylation is 1. The van der Waals surface area contributed by atoms with Crippen LogP contribution in [0.15, 0.2) is 28.7 Å². The zero-order valence-electron chi connectivity index (χ0n) is 11.1. The highest BCUT2D eigenvalue weighted by Crippen LogP contribution is 2.37. The van der Waals surface area contributed by atoms with Gasteiger partial charge in [0.05, 0.1) is 0 Å². The molecule has 2 heterocycles. The molecule has 1 aliphatic heterocycles. The molecule has 5 N–H and O–H groups in total. The Balaban J connectivity index is 2.22. The SMILES string of the molecule is Cc1c(C2(C(=N)N)CC(C)NN2)oc2ccccc12. The highest BCUT2D eigenvalue weighted by atomic mass is 16.3. The van der Waals surface area contributed by atoms with Crippen molar-refractivity contribution in [3.05, 3.63) is 35.6 Å². The minimum absolute atomic E-state index is 0.0755. The Labute approximate surface area is 111 Å². The van der Waals surface area contributed by atoms with Crippen LogP contribution in [0.4, 0.5) is 0 Å². The van der Waals surface area contributed by atoms with Gasteiger partial charge in [0.1, 0.15) is 22.7 Å². The summed E-state index contributed by atoms with van der Waals surface area (Å²) in [4.78, 5) is 0. The van der Waals surface area contributed by atoms with E-state index in [1.54, 1.807) is 0 Å². The second-order valence-corrected chi connectivity index (χ2v) is 5.25. The zero-order chi connectivity index (χ0) is 13.6. The Kier molecular flexibility index (Phi) is 2.62. The summed E-state index contributed by atoms with van der Waals surface area (Å²) < 4.78 is 5.97. The monoisotopic (exact) mass is 258 g/mol. The molecule has 5 nitrogen and oxygen atoms in total. The van der Waals surface area contributed by atoms with Gasteiger partial charge in [0.2, 0.25) is 0 Å². The molecule has 2 unspecified atom stereocenters. The number of hydrogen-bond acceptors (Lipinski definition) is 4. The molecule has 0 amide bonds. The summed E-state index contributed by atoms with van der Waals surface area (Å²) in [5.74, 6) is 0.810. The Hall–Kier alpha value is -1.85. The molecular weight excluding hydrogens is 240 g/mol. The van der Waals surface area contributed by atoms with Crippen molar-refractivity contribution in [3.63, 3.8) is 0 Å². The fourth-order valence-corrected chi connectivity index (χ4v) is 2.84. The molecule has 2 atom stereocenters. The van der Waals surface area contributed by atoms with Crippen LogP contribution >= 0.6 is 0 Å². The van der Waals surface area contributed by atoms with Crippen LogP contribution in [0, 0.1) is 12.3 Å². The number of hydrogen-bond donors (Lipinski definition) is 4. The van der Waals surface area contributed by atoms with E-state index in [9.17, 15) is 0 Å². The molecule has 1 fully saturated rings. The molecule has 1 aromatic heterocycles. The number of hydrazine groups is 1. The summed E-state index contributed by atoms with van der Waals surface area (Å²) >= 11 is 0. The predicted molar refractivity (Wildman–Crippen MR) is 74.9 cm³/mol. The smallest absolute Gasteiger partial charge is 0.148 e. The van der Waals surface area contributed by atoms with Crippen molar-refractivity contribution in [2.24, 2.45) is 5.73 Å². The van der Waals surface area contributed by atoms with E-state index in [1.807, 2.05) is 31.2 Å². The zero-order valence-corrected chi connectivity index (χ0v) is 11.1. The molecule has 0 spiro atoms. The molecule has 0 aliphatic carbocycles. The van der Waals surface area contributed by atoms with Gasteiger partial charge < -0.3 is 10.2 Å². The number of nitrogens with one attached hydrogen (secondary N) is 3. The maximum Gasteiger partial charge on any atom is 0.148 e. The third kappa shape index (κ3) is 1.66. The molecule has 100 valence electrons. The lowest BCUT2D eigenvalue weighted by Gasteiger charge is -2.25. The quantitative estimate of drug-likeness (QED) is 0.488. The lowest BCUT2D eigenvalue weighted by molar-refractivity contribution is 0.387. The van der Waals surface area contributed by atoms with Crippen LogP contribution in [-0.2, 0) is 5.54 Å². The molecule has 1 aliphatic rings. The Morgan fingerprint density at radius 3 is 2.79 bits per heavy atom. The van der Waals surface area contributed by atoms with Crippen molar-refractivity contribution in [1.82, 2.24) is 10.9 Å². The molecule has 5 heteroatoms. The topological polar surface area (TPSA) is 87.1 Å². The first kappa shape index (κ1) is 12.2. The van der Waals surface area contributed by atoms with Crippen LogP contribution in [0.5, 0.6) is 0 Å². The first-order chi connectivity index (χ1) is 9.04. The molecule has 3 rings (SSSR count). The summed E-state index contributed by atoms with van der Waals surface area (Å²) in [5, 5.41) is 9.02. The first-order valence-corrected chi connectivity index (χ1v) is 6.40. The first-order valence-electron chi connectivity index (χ1n) is 6.40. The molecule has 0 bridgehead atoms. The highest BCUT2D eigenvalue weighted by Gasteiger charge is 2.46. The second kappa shape index (κ2) is 4.08. The van der Waals surface area contributed by atoms with Crippen molar-refractivity contribution >= 4 is 16.8 Å². The Bertz CT molecular complexity index is 648. The average molecular weight is 258 g/mol. The molecule has 19 heavy (non-hydrogen) atoms. The van der Waals surface area contributed by atoms with E-state index in [-0.39, 0.29) is 11.9 Å². The fraction of sp³-hybridized carbons (Fsp3) is 0.357. The van der Waals surface area contributed by atoms with Crippen molar-refractivity contribution in [1.29, 1.82) is 5.41 Å². The van der Waals surface area contributed by atoms with Gasteiger partial charge in [-0.1, -0.05) is 18.2 Å². The summed E-state index contributed by atoms with van der Waals surface area (Å²) in [7, 11) is 0. The van der Waals surface area contributed by atoms with Crippen LogP contribution in [0.25, 0.3) is 11.0 Å². The number of nitrogens with two attached hydrogens (primary N) is 1. The molecular formula is C14H18N4O. The molecule has 1 saturated heterocycles. The number of amidine groups is 1. The minimum atomic E-state index is -0.748.